The van der Waals surface area contributed by atoms with Crippen LogP contribution in [-0.2, 0) is 4.79 Å². The number of carbonyl (C=O) groups is 1. The lowest BCUT2D eigenvalue weighted by Gasteiger charge is -2.34. The average Bonchev–Trinajstić information content (AvgIpc) is 2.70. The lowest BCUT2D eigenvalue weighted by atomic mass is 9.85. The van der Waals surface area contributed by atoms with Crippen LogP contribution >= 0.6 is 22.9 Å². The van der Waals surface area contributed by atoms with Gasteiger partial charge in [-0.15, -0.1) is 11.3 Å². The lowest BCUT2D eigenvalue weighted by molar-refractivity contribution is -0.117. The zero-order chi connectivity index (χ0) is 11.9. The van der Waals surface area contributed by atoms with Gasteiger partial charge in [-0.3, -0.25) is 4.79 Å². The summed E-state index contributed by atoms with van der Waals surface area (Å²) >= 11 is 7.41. The second-order valence-electron chi connectivity index (χ2n) is 5.26. The molecule has 1 aromatic heterocycles. The Balaban J connectivity index is 2.33. The summed E-state index contributed by atoms with van der Waals surface area (Å²) in [6.45, 7) is 6.54. The molecule has 1 atom stereocenters. The Bertz CT molecular complexity index is 407. The Labute approximate surface area is 105 Å². The summed E-state index contributed by atoms with van der Waals surface area (Å²) < 4.78 is 0.738. The van der Waals surface area contributed by atoms with E-state index in [1.54, 1.807) is 0 Å². The van der Waals surface area contributed by atoms with Crippen LogP contribution in [0.25, 0.3) is 0 Å². The molecule has 0 N–H and O–H groups in total. The van der Waals surface area contributed by atoms with Gasteiger partial charge < -0.3 is 4.90 Å². The van der Waals surface area contributed by atoms with Crippen LogP contribution in [0.2, 0.25) is 4.34 Å². The van der Waals surface area contributed by atoms with Gasteiger partial charge in [0.15, 0.2) is 0 Å². The third-order valence-corrected chi connectivity index (χ3v) is 4.24. The molecule has 0 saturated carbocycles. The highest BCUT2D eigenvalue weighted by Crippen LogP contribution is 2.40. The van der Waals surface area contributed by atoms with Gasteiger partial charge in [-0.05, 0) is 24.0 Å². The molecule has 1 aliphatic heterocycles. The minimum atomic E-state index is 0.114. The van der Waals surface area contributed by atoms with Crippen LogP contribution in [-0.4, -0.2) is 11.9 Å². The largest absolute Gasteiger partial charge is 0.300 e. The van der Waals surface area contributed by atoms with E-state index in [-0.39, 0.29) is 17.4 Å². The first kappa shape index (κ1) is 11.9. The number of anilines is 1. The van der Waals surface area contributed by atoms with Crippen molar-refractivity contribution in [3.8, 4) is 0 Å². The van der Waals surface area contributed by atoms with Gasteiger partial charge in [0.2, 0.25) is 5.91 Å². The molecule has 0 radical (unpaired) electrons. The van der Waals surface area contributed by atoms with E-state index in [0.717, 1.165) is 15.8 Å². The van der Waals surface area contributed by atoms with Gasteiger partial charge in [-0.1, -0.05) is 32.4 Å². The smallest absolute Gasteiger partial charge is 0.227 e. The third-order valence-electron chi connectivity index (χ3n) is 3.01. The maximum atomic E-state index is 11.9. The van der Waals surface area contributed by atoms with Gasteiger partial charge in [-0.25, -0.2) is 0 Å². The summed E-state index contributed by atoms with van der Waals surface area (Å²) in [5, 5.41) is 0.979. The average molecular weight is 258 g/mol. The highest BCUT2D eigenvalue weighted by atomic mass is 35.5. The molecule has 1 unspecified atom stereocenters. The number of nitrogens with zero attached hydrogens (tertiary/aromatic N) is 1. The van der Waals surface area contributed by atoms with Crippen LogP contribution in [0.3, 0.4) is 0 Å². The topological polar surface area (TPSA) is 20.3 Å². The van der Waals surface area contributed by atoms with Crippen molar-refractivity contribution in [2.24, 2.45) is 5.41 Å². The third kappa shape index (κ3) is 2.11. The van der Waals surface area contributed by atoms with E-state index in [1.807, 2.05) is 17.0 Å². The number of carbonyl (C=O) groups excluding carboxylic acids is 1. The lowest BCUT2D eigenvalue weighted by Crippen LogP contribution is -2.41. The normalized spacial score (nSPS) is 21.9. The highest BCUT2D eigenvalue weighted by Gasteiger charge is 2.39. The molecule has 1 aromatic rings. The Hall–Kier alpha value is -0.540. The molecule has 4 heteroatoms. The number of hydrogen-bond donors (Lipinski definition) is 0. The van der Waals surface area contributed by atoms with Gasteiger partial charge in [0.25, 0.3) is 0 Å². The van der Waals surface area contributed by atoms with Crippen LogP contribution in [0.1, 0.15) is 33.6 Å². The van der Waals surface area contributed by atoms with Gasteiger partial charge in [0, 0.05) is 12.5 Å². The molecule has 0 aromatic carbocycles. The molecular weight excluding hydrogens is 242 g/mol. The first-order chi connectivity index (χ1) is 7.39. The highest BCUT2D eigenvalue weighted by molar-refractivity contribution is 7.20. The molecule has 1 fully saturated rings. The fourth-order valence-corrected chi connectivity index (χ4v) is 3.31. The van der Waals surface area contributed by atoms with Gasteiger partial charge >= 0.3 is 0 Å². The second kappa shape index (κ2) is 4.04. The Morgan fingerprint density at radius 2 is 2.12 bits per heavy atom. The van der Waals surface area contributed by atoms with Crippen molar-refractivity contribution in [2.75, 3.05) is 4.90 Å². The van der Waals surface area contributed by atoms with Crippen molar-refractivity contribution >= 4 is 33.8 Å². The molecule has 1 saturated heterocycles. The molecule has 0 aliphatic carbocycles. The second-order valence-corrected chi connectivity index (χ2v) is 6.96. The molecule has 0 spiro atoms. The molecule has 2 nitrogen and oxygen atoms in total. The summed E-state index contributed by atoms with van der Waals surface area (Å²) in [6.07, 6.45) is 1.59. The zero-order valence-corrected chi connectivity index (χ0v) is 11.4. The van der Waals surface area contributed by atoms with E-state index < -0.39 is 0 Å². The summed E-state index contributed by atoms with van der Waals surface area (Å²) in [7, 11) is 0. The first-order valence-corrected chi connectivity index (χ1v) is 6.66. The van der Waals surface area contributed by atoms with Crippen molar-refractivity contribution in [2.45, 2.75) is 39.7 Å². The molecule has 0 bridgehead atoms. The maximum absolute atomic E-state index is 11.9. The Kier molecular flexibility index (Phi) is 3.01. The molecule has 1 amide bonds. The first-order valence-electron chi connectivity index (χ1n) is 5.47. The SMILES string of the molecule is CC(C)(C)C1CCC(=O)N1c1ccc(Cl)s1. The molecule has 1 aliphatic rings. The number of rotatable bonds is 1. The van der Waals surface area contributed by atoms with Crippen molar-refractivity contribution in [3.05, 3.63) is 16.5 Å². The zero-order valence-electron chi connectivity index (χ0n) is 9.79. The van der Waals surface area contributed by atoms with Crippen LogP contribution in [0.5, 0.6) is 0 Å². The minimum Gasteiger partial charge on any atom is -0.300 e. The van der Waals surface area contributed by atoms with Crippen molar-refractivity contribution in [3.63, 3.8) is 0 Å². The number of halogens is 1. The predicted octanol–water partition coefficient (Wildman–Crippen LogP) is 3.94. The van der Waals surface area contributed by atoms with E-state index in [2.05, 4.69) is 20.8 Å². The van der Waals surface area contributed by atoms with Crippen molar-refractivity contribution in [1.29, 1.82) is 0 Å². The standard InChI is InChI=1S/C12H16ClNOS/c1-12(2,3)8-4-6-10(15)14(8)11-7-5-9(13)16-11/h5,7-8H,4,6H2,1-3H3. The summed E-state index contributed by atoms with van der Waals surface area (Å²) in [6, 6.07) is 4.08. The fourth-order valence-electron chi connectivity index (χ4n) is 2.21. The minimum absolute atomic E-state index is 0.114. The van der Waals surface area contributed by atoms with Gasteiger partial charge in [-0.2, -0.15) is 0 Å². The molecule has 2 rings (SSSR count). The van der Waals surface area contributed by atoms with Crippen LogP contribution in [0.15, 0.2) is 12.1 Å². The Morgan fingerprint density at radius 3 is 2.62 bits per heavy atom. The number of hydrogen-bond acceptors (Lipinski definition) is 2. The van der Waals surface area contributed by atoms with Gasteiger partial charge in [0.05, 0.1) is 9.34 Å². The quantitative estimate of drug-likeness (QED) is 0.746. The van der Waals surface area contributed by atoms with Crippen LogP contribution < -0.4 is 4.90 Å². The summed E-state index contributed by atoms with van der Waals surface area (Å²) in [4.78, 5) is 13.9. The van der Waals surface area contributed by atoms with Crippen LogP contribution in [0, 0.1) is 5.41 Å². The van der Waals surface area contributed by atoms with Gasteiger partial charge in [0.1, 0.15) is 0 Å². The van der Waals surface area contributed by atoms with E-state index in [9.17, 15) is 4.79 Å². The van der Waals surface area contributed by atoms with E-state index >= 15 is 0 Å². The molecule has 16 heavy (non-hydrogen) atoms. The van der Waals surface area contributed by atoms with Crippen LogP contribution in [0.4, 0.5) is 5.00 Å². The molecular formula is C12H16ClNOS. The fraction of sp³-hybridized carbons (Fsp3) is 0.583. The Morgan fingerprint density at radius 1 is 1.44 bits per heavy atom. The van der Waals surface area contributed by atoms with E-state index in [4.69, 9.17) is 11.6 Å². The van der Waals surface area contributed by atoms with E-state index in [1.165, 1.54) is 11.3 Å². The predicted molar refractivity (Wildman–Crippen MR) is 69.3 cm³/mol. The number of thiophene rings is 1. The maximum Gasteiger partial charge on any atom is 0.227 e. The monoisotopic (exact) mass is 257 g/mol. The summed E-state index contributed by atoms with van der Waals surface area (Å²) in [5.74, 6) is 0.221. The van der Waals surface area contributed by atoms with E-state index in [0.29, 0.717) is 6.42 Å². The summed E-state index contributed by atoms with van der Waals surface area (Å²) in [5.41, 5.74) is 0.114. The molecule has 88 valence electrons. The van der Waals surface area contributed by atoms with Crippen molar-refractivity contribution < 1.29 is 4.79 Å². The van der Waals surface area contributed by atoms with Crippen molar-refractivity contribution in [1.82, 2.24) is 0 Å². The number of amides is 1. The molecule has 2 heterocycles.